The molecule has 1 heterocycles. The van der Waals surface area contributed by atoms with Crippen LogP contribution in [-0.2, 0) is 14.2 Å². The zero-order valence-electron chi connectivity index (χ0n) is 19.6. The number of hydrogen-bond acceptors (Lipinski definition) is 8. The first kappa shape index (κ1) is 22.2. The molecule has 8 heteroatoms. The molecule has 3 unspecified atom stereocenters. The molecule has 1 aliphatic heterocycles. The maximum absolute atomic E-state index is 12.8. The van der Waals surface area contributed by atoms with Gasteiger partial charge in [0, 0.05) is 74.8 Å². The summed E-state index contributed by atoms with van der Waals surface area (Å²) in [6.45, 7) is 4.18. The normalized spacial score (nSPS) is 62.4. The van der Waals surface area contributed by atoms with Gasteiger partial charge in [0.15, 0.2) is 0 Å². The highest BCUT2D eigenvalue weighted by Gasteiger charge is 2.90. The number of aliphatic hydroxyl groups is 4. The Morgan fingerprint density at radius 2 is 1.78 bits per heavy atom. The average molecular weight is 454 g/mol. The minimum absolute atomic E-state index is 0.159. The highest BCUT2D eigenvalue weighted by atomic mass is 16.5. The summed E-state index contributed by atoms with van der Waals surface area (Å²) in [7, 11) is 5.02. The molecular weight excluding hydrogens is 414 g/mol. The van der Waals surface area contributed by atoms with Crippen molar-refractivity contribution in [3.05, 3.63) is 0 Å². The molecule has 0 aromatic rings. The summed E-state index contributed by atoms with van der Waals surface area (Å²) >= 11 is 0. The summed E-state index contributed by atoms with van der Waals surface area (Å²) < 4.78 is 17.8. The Hall–Kier alpha value is -0.320. The van der Waals surface area contributed by atoms with Crippen molar-refractivity contribution >= 4 is 0 Å². The third kappa shape index (κ3) is 2.03. The molecule has 0 radical (unpaired) electrons. The second-order valence-corrected chi connectivity index (χ2v) is 11.7. The van der Waals surface area contributed by atoms with Crippen LogP contribution in [0.15, 0.2) is 0 Å². The number of piperidine rings is 1. The lowest BCUT2D eigenvalue weighted by Crippen LogP contribution is -2.82. The van der Waals surface area contributed by atoms with Crippen LogP contribution in [0.4, 0.5) is 0 Å². The van der Waals surface area contributed by atoms with Gasteiger partial charge in [0.2, 0.25) is 0 Å². The van der Waals surface area contributed by atoms with Crippen molar-refractivity contribution in [2.24, 2.45) is 34.5 Å². The van der Waals surface area contributed by atoms with E-state index >= 15 is 0 Å². The number of fused-ring (bicyclic) bond motifs is 2. The van der Waals surface area contributed by atoms with Crippen LogP contribution in [-0.4, -0.2) is 108 Å². The minimum atomic E-state index is -1.41. The van der Waals surface area contributed by atoms with Crippen LogP contribution < -0.4 is 0 Å². The lowest BCUT2D eigenvalue weighted by atomic mass is 9.41. The van der Waals surface area contributed by atoms with Crippen LogP contribution >= 0.6 is 0 Å². The van der Waals surface area contributed by atoms with Gasteiger partial charge in [-0.3, -0.25) is 4.90 Å². The van der Waals surface area contributed by atoms with Gasteiger partial charge in [-0.1, -0.05) is 6.92 Å². The molecule has 4 N–H and O–H groups in total. The van der Waals surface area contributed by atoms with E-state index < -0.39 is 34.7 Å². The number of ether oxygens (including phenoxy) is 3. The maximum Gasteiger partial charge on any atom is 0.0832 e. The quantitative estimate of drug-likeness (QED) is 0.446. The second kappa shape index (κ2) is 6.66. The first-order valence-corrected chi connectivity index (χ1v) is 12.3. The lowest BCUT2D eigenvalue weighted by molar-refractivity contribution is -0.325. The first-order valence-electron chi connectivity index (χ1n) is 12.3. The van der Waals surface area contributed by atoms with Crippen LogP contribution in [0.1, 0.15) is 32.6 Å². The molecule has 5 saturated carbocycles. The third-order valence-electron chi connectivity index (χ3n) is 11.2. The van der Waals surface area contributed by atoms with E-state index in [0.717, 1.165) is 19.5 Å². The molecule has 6 aliphatic rings. The van der Waals surface area contributed by atoms with Gasteiger partial charge in [0.05, 0.1) is 42.2 Å². The fraction of sp³-hybridized carbons (Fsp3) is 1.00. The molecule has 32 heavy (non-hydrogen) atoms. The van der Waals surface area contributed by atoms with E-state index in [2.05, 4.69) is 11.8 Å². The van der Waals surface area contributed by atoms with Gasteiger partial charge in [-0.15, -0.1) is 0 Å². The van der Waals surface area contributed by atoms with Crippen molar-refractivity contribution in [1.29, 1.82) is 0 Å². The smallest absolute Gasteiger partial charge is 0.0832 e. The Morgan fingerprint density at radius 1 is 1.03 bits per heavy atom. The second-order valence-electron chi connectivity index (χ2n) is 11.7. The van der Waals surface area contributed by atoms with Gasteiger partial charge in [-0.25, -0.2) is 0 Å². The van der Waals surface area contributed by atoms with E-state index in [4.69, 9.17) is 14.2 Å². The summed E-state index contributed by atoms with van der Waals surface area (Å²) in [4.78, 5) is 2.37. The first-order chi connectivity index (χ1) is 15.2. The molecule has 1 spiro atoms. The van der Waals surface area contributed by atoms with Gasteiger partial charge < -0.3 is 34.6 Å². The van der Waals surface area contributed by atoms with Crippen LogP contribution in [0.5, 0.6) is 0 Å². The monoisotopic (exact) mass is 453 g/mol. The van der Waals surface area contributed by atoms with Crippen molar-refractivity contribution in [2.45, 2.75) is 74.3 Å². The number of nitrogens with zero attached hydrogens (tertiary/aromatic N) is 1. The van der Waals surface area contributed by atoms with Crippen molar-refractivity contribution in [1.82, 2.24) is 4.90 Å². The SMILES string of the molecule is CCN1C[C@]2(COC)CC[C@H](O)C34C1C([C@H](OC)[C@@H]32)[C@@]1(O)C[C@H](OC)[C@@H]2C[C@]4(O)[C@@H]1[C@H]2O. The number of likely N-dealkylation sites (tertiary alicyclic amines) is 1. The van der Waals surface area contributed by atoms with Crippen LogP contribution in [0.3, 0.4) is 0 Å². The Balaban J connectivity index is 1.67. The highest BCUT2D eigenvalue weighted by Crippen LogP contribution is 2.80. The largest absolute Gasteiger partial charge is 0.392 e. The van der Waals surface area contributed by atoms with Gasteiger partial charge in [-0.05, 0) is 25.8 Å². The zero-order valence-corrected chi connectivity index (χ0v) is 19.6. The fourth-order valence-electron chi connectivity index (χ4n) is 10.7. The minimum Gasteiger partial charge on any atom is -0.392 e. The molecule has 5 aliphatic carbocycles. The van der Waals surface area contributed by atoms with Crippen molar-refractivity contribution < 1.29 is 34.6 Å². The fourth-order valence-corrected chi connectivity index (χ4v) is 10.7. The van der Waals surface area contributed by atoms with Gasteiger partial charge in [0.25, 0.3) is 0 Å². The van der Waals surface area contributed by atoms with Gasteiger partial charge in [-0.2, -0.15) is 0 Å². The van der Waals surface area contributed by atoms with E-state index in [1.54, 1.807) is 21.3 Å². The predicted octanol–water partition coefficient (Wildman–Crippen LogP) is -0.383. The standard InChI is InChI=1S/C24H39NO7/c1-5-25-10-21(11-30-2)7-6-14(26)24-19(21)17(32-4)15(20(24)25)22(28)9-13(31-3)12-8-23(24,29)18(22)16(12)27/h12-20,26-29H,5-11H2,1-4H3/t12-,13-,14-,15?,16-,17-,18+,19+,20?,21-,22-,23-,24?/m0/s1. The number of hydrogen-bond donors (Lipinski definition) is 4. The van der Waals surface area contributed by atoms with E-state index in [0.29, 0.717) is 25.9 Å². The predicted molar refractivity (Wildman–Crippen MR) is 114 cm³/mol. The van der Waals surface area contributed by atoms with Crippen molar-refractivity contribution in [2.75, 3.05) is 41.0 Å². The summed E-state index contributed by atoms with van der Waals surface area (Å²) in [5.41, 5.74) is -3.93. The Morgan fingerprint density at radius 3 is 2.41 bits per heavy atom. The molecule has 13 atom stereocenters. The summed E-state index contributed by atoms with van der Waals surface area (Å²) in [6.07, 6.45) is -0.229. The number of rotatable bonds is 5. The van der Waals surface area contributed by atoms with Crippen LogP contribution in [0.25, 0.3) is 0 Å². The van der Waals surface area contributed by atoms with E-state index in [9.17, 15) is 20.4 Å². The Kier molecular flexibility index (Phi) is 4.62. The van der Waals surface area contributed by atoms with Crippen molar-refractivity contribution in [3.8, 4) is 0 Å². The van der Waals surface area contributed by atoms with E-state index in [1.807, 2.05) is 0 Å². The summed E-state index contributed by atoms with van der Waals surface area (Å²) in [5, 5.41) is 48.5. The Labute approximate surface area is 189 Å². The molecule has 6 rings (SSSR count). The lowest BCUT2D eigenvalue weighted by Gasteiger charge is -2.71. The van der Waals surface area contributed by atoms with E-state index in [-0.39, 0.29) is 41.4 Å². The molecule has 8 nitrogen and oxygen atoms in total. The molecular formula is C24H39NO7. The highest BCUT2D eigenvalue weighted by molar-refractivity contribution is 5.40. The molecule has 6 fully saturated rings. The molecule has 1 saturated heterocycles. The van der Waals surface area contributed by atoms with Gasteiger partial charge >= 0.3 is 0 Å². The van der Waals surface area contributed by atoms with Gasteiger partial charge in [0.1, 0.15) is 0 Å². The maximum atomic E-state index is 12.8. The summed E-state index contributed by atoms with van der Waals surface area (Å²) in [5.74, 6) is -1.47. The van der Waals surface area contributed by atoms with Crippen molar-refractivity contribution in [3.63, 3.8) is 0 Å². The molecule has 0 aromatic carbocycles. The third-order valence-corrected chi connectivity index (χ3v) is 11.2. The van der Waals surface area contributed by atoms with E-state index in [1.165, 1.54) is 0 Å². The van der Waals surface area contributed by atoms with Crippen LogP contribution in [0.2, 0.25) is 0 Å². The summed E-state index contributed by atoms with van der Waals surface area (Å²) in [6, 6.07) is -0.226. The zero-order chi connectivity index (χ0) is 22.8. The van der Waals surface area contributed by atoms with Crippen LogP contribution in [0, 0.1) is 34.5 Å². The molecule has 182 valence electrons. The Bertz CT molecular complexity index is 798. The molecule has 0 amide bonds. The topological polar surface area (TPSA) is 112 Å². The number of aliphatic hydroxyl groups excluding tert-OH is 2. The molecule has 0 aromatic heterocycles. The number of methoxy groups -OCH3 is 3. The average Bonchev–Trinajstić information content (AvgIpc) is 3.15. The molecule has 7 bridgehead atoms.